The number of esters is 1. The Balaban J connectivity index is 1.81. The van der Waals surface area contributed by atoms with Crippen LogP contribution in [0.2, 0.25) is 0 Å². The van der Waals surface area contributed by atoms with Gasteiger partial charge in [0, 0.05) is 17.7 Å². The Labute approximate surface area is 146 Å². The van der Waals surface area contributed by atoms with Gasteiger partial charge in [0.15, 0.2) is 6.10 Å². The fourth-order valence-corrected chi connectivity index (χ4v) is 2.16. The van der Waals surface area contributed by atoms with Crippen LogP contribution in [0.5, 0.6) is 0 Å². The van der Waals surface area contributed by atoms with E-state index in [4.69, 9.17) is 10.5 Å². The first-order chi connectivity index (χ1) is 12.0. The lowest BCUT2D eigenvalue weighted by molar-refractivity contribution is -0.153. The molecule has 2 aromatic carbocycles. The molecule has 0 bridgehead atoms. The van der Waals surface area contributed by atoms with Gasteiger partial charge in [0.05, 0.1) is 0 Å². The zero-order valence-corrected chi connectivity index (χ0v) is 13.9. The number of anilines is 1. The molecule has 130 valence electrons. The van der Waals surface area contributed by atoms with Crippen LogP contribution in [0.3, 0.4) is 0 Å². The Morgan fingerprint density at radius 1 is 1.04 bits per heavy atom. The maximum atomic E-state index is 12.1. The molecule has 0 aliphatic rings. The van der Waals surface area contributed by atoms with Crippen LogP contribution in [0.4, 0.5) is 5.69 Å². The molecule has 2 aromatic rings. The van der Waals surface area contributed by atoms with Crippen LogP contribution < -0.4 is 11.1 Å². The van der Waals surface area contributed by atoms with Crippen molar-refractivity contribution in [2.24, 2.45) is 5.73 Å². The Kier molecular flexibility index (Phi) is 6.28. The molecule has 2 amide bonds. The SMILES string of the molecule is C[C@H](OC(=O)CCc1ccccc1)C(=O)Nc1ccc(C(N)=O)cc1. The van der Waals surface area contributed by atoms with E-state index in [0.717, 1.165) is 5.56 Å². The van der Waals surface area contributed by atoms with Crippen LogP contribution in [-0.4, -0.2) is 23.9 Å². The topological polar surface area (TPSA) is 98.5 Å². The van der Waals surface area contributed by atoms with Gasteiger partial charge in [0.2, 0.25) is 5.91 Å². The van der Waals surface area contributed by atoms with E-state index in [2.05, 4.69) is 5.32 Å². The highest BCUT2D eigenvalue weighted by atomic mass is 16.5. The molecular weight excluding hydrogens is 320 g/mol. The smallest absolute Gasteiger partial charge is 0.306 e. The number of ether oxygens (including phenoxy) is 1. The molecule has 25 heavy (non-hydrogen) atoms. The molecule has 0 unspecified atom stereocenters. The number of benzene rings is 2. The van der Waals surface area contributed by atoms with Gasteiger partial charge in [-0.3, -0.25) is 14.4 Å². The fourth-order valence-electron chi connectivity index (χ4n) is 2.16. The summed E-state index contributed by atoms with van der Waals surface area (Å²) in [6.45, 7) is 1.51. The highest BCUT2D eigenvalue weighted by Crippen LogP contribution is 2.11. The molecule has 6 nitrogen and oxygen atoms in total. The third-order valence-electron chi connectivity index (χ3n) is 3.58. The predicted molar refractivity (Wildman–Crippen MR) is 93.9 cm³/mol. The van der Waals surface area contributed by atoms with Gasteiger partial charge in [-0.25, -0.2) is 0 Å². The van der Waals surface area contributed by atoms with E-state index < -0.39 is 23.9 Å². The van der Waals surface area contributed by atoms with E-state index in [1.807, 2.05) is 30.3 Å². The molecule has 0 spiro atoms. The van der Waals surface area contributed by atoms with E-state index in [1.165, 1.54) is 19.1 Å². The maximum Gasteiger partial charge on any atom is 0.306 e. The first-order valence-electron chi connectivity index (χ1n) is 7.90. The normalized spacial score (nSPS) is 11.4. The van der Waals surface area contributed by atoms with E-state index in [0.29, 0.717) is 17.7 Å². The van der Waals surface area contributed by atoms with Crippen LogP contribution in [0, 0.1) is 0 Å². The predicted octanol–water partition coefficient (Wildman–Crippen LogP) is 2.29. The molecule has 0 heterocycles. The van der Waals surface area contributed by atoms with Crippen LogP contribution >= 0.6 is 0 Å². The number of hydrogen-bond acceptors (Lipinski definition) is 4. The fraction of sp³-hybridized carbons (Fsp3) is 0.211. The second kappa shape index (κ2) is 8.63. The Morgan fingerprint density at radius 2 is 1.68 bits per heavy atom. The molecule has 3 N–H and O–H groups in total. The zero-order valence-electron chi connectivity index (χ0n) is 13.9. The van der Waals surface area contributed by atoms with Crippen LogP contribution in [-0.2, 0) is 20.7 Å². The van der Waals surface area contributed by atoms with Crippen LogP contribution in [0.15, 0.2) is 54.6 Å². The average Bonchev–Trinajstić information content (AvgIpc) is 2.61. The quantitative estimate of drug-likeness (QED) is 0.756. The molecule has 0 radical (unpaired) electrons. The second-order valence-electron chi connectivity index (χ2n) is 5.55. The van der Waals surface area contributed by atoms with Crippen molar-refractivity contribution in [3.8, 4) is 0 Å². The van der Waals surface area contributed by atoms with E-state index in [1.54, 1.807) is 12.1 Å². The first-order valence-corrected chi connectivity index (χ1v) is 7.90. The average molecular weight is 340 g/mol. The summed E-state index contributed by atoms with van der Waals surface area (Å²) in [7, 11) is 0. The third-order valence-corrected chi connectivity index (χ3v) is 3.58. The minimum atomic E-state index is -0.918. The number of carbonyl (C=O) groups excluding carboxylic acids is 3. The van der Waals surface area contributed by atoms with E-state index in [-0.39, 0.29) is 6.42 Å². The molecule has 0 saturated heterocycles. The summed E-state index contributed by atoms with van der Waals surface area (Å²) >= 11 is 0. The minimum absolute atomic E-state index is 0.203. The summed E-state index contributed by atoms with van der Waals surface area (Å²) in [5.41, 5.74) is 7.02. The summed E-state index contributed by atoms with van der Waals surface area (Å²) in [6, 6.07) is 15.7. The standard InChI is InChI=1S/C19H20N2O4/c1-13(25-17(22)12-7-14-5-3-2-4-6-14)19(24)21-16-10-8-15(9-11-16)18(20)23/h2-6,8-11,13H,7,12H2,1H3,(H2,20,23)(H,21,24)/t13-/m0/s1. The van der Waals surface area contributed by atoms with Crippen molar-refractivity contribution < 1.29 is 19.1 Å². The van der Waals surface area contributed by atoms with Gasteiger partial charge in [-0.15, -0.1) is 0 Å². The first kappa shape index (κ1) is 18.2. The lowest BCUT2D eigenvalue weighted by Crippen LogP contribution is -2.30. The Bertz CT molecular complexity index is 742. The minimum Gasteiger partial charge on any atom is -0.453 e. The van der Waals surface area contributed by atoms with E-state index in [9.17, 15) is 14.4 Å². The molecule has 0 aromatic heterocycles. The molecule has 0 fully saturated rings. The highest BCUT2D eigenvalue weighted by Gasteiger charge is 2.18. The maximum absolute atomic E-state index is 12.1. The number of rotatable bonds is 7. The third kappa shape index (κ3) is 5.76. The van der Waals surface area contributed by atoms with Gasteiger partial charge < -0.3 is 15.8 Å². The second-order valence-corrected chi connectivity index (χ2v) is 5.55. The number of primary amides is 1. The van der Waals surface area contributed by atoms with Gasteiger partial charge in [-0.1, -0.05) is 30.3 Å². The molecule has 0 saturated carbocycles. The summed E-state index contributed by atoms with van der Waals surface area (Å²) in [5.74, 6) is -1.42. The summed E-state index contributed by atoms with van der Waals surface area (Å²) < 4.78 is 5.14. The summed E-state index contributed by atoms with van der Waals surface area (Å²) in [5, 5.41) is 2.62. The Morgan fingerprint density at radius 3 is 2.28 bits per heavy atom. The number of carbonyl (C=O) groups is 3. The van der Waals surface area contributed by atoms with Crippen LogP contribution in [0.25, 0.3) is 0 Å². The zero-order chi connectivity index (χ0) is 18.2. The molecule has 2 rings (SSSR count). The molecule has 0 aliphatic carbocycles. The van der Waals surface area contributed by atoms with Crippen molar-refractivity contribution in [1.82, 2.24) is 0 Å². The molecule has 0 aliphatic heterocycles. The number of nitrogens with one attached hydrogen (secondary N) is 1. The largest absolute Gasteiger partial charge is 0.453 e. The van der Waals surface area contributed by atoms with Gasteiger partial charge in [-0.05, 0) is 43.2 Å². The van der Waals surface area contributed by atoms with Crippen molar-refractivity contribution >= 4 is 23.5 Å². The molecular formula is C19H20N2O4. The van der Waals surface area contributed by atoms with E-state index >= 15 is 0 Å². The van der Waals surface area contributed by atoms with Gasteiger partial charge in [0.25, 0.3) is 5.91 Å². The number of aryl methyl sites for hydroxylation is 1. The van der Waals surface area contributed by atoms with Crippen LogP contribution in [0.1, 0.15) is 29.3 Å². The lowest BCUT2D eigenvalue weighted by atomic mass is 10.1. The number of hydrogen-bond donors (Lipinski definition) is 2. The lowest BCUT2D eigenvalue weighted by Gasteiger charge is -2.13. The summed E-state index contributed by atoms with van der Waals surface area (Å²) in [4.78, 5) is 34.9. The van der Waals surface area contributed by atoms with Crippen molar-refractivity contribution in [1.29, 1.82) is 0 Å². The van der Waals surface area contributed by atoms with Crippen molar-refractivity contribution in [3.63, 3.8) is 0 Å². The van der Waals surface area contributed by atoms with Crippen molar-refractivity contribution in [3.05, 3.63) is 65.7 Å². The molecule has 6 heteroatoms. The molecule has 1 atom stereocenters. The van der Waals surface area contributed by atoms with Gasteiger partial charge in [0.1, 0.15) is 0 Å². The van der Waals surface area contributed by atoms with Crippen molar-refractivity contribution in [2.45, 2.75) is 25.9 Å². The monoisotopic (exact) mass is 340 g/mol. The highest BCUT2D eigenvalue weighted by molar-refractivity contribution is 5.96. The summed E-state index contributed by atoms with van der Waals surface area (Å²) in [6.07, 6.45) is -0.156. The van der Waals surface area contributed by atoms with Gasteiger partial charge >= 0.3 is 5.97 Å². The van der Waals surface area contributed by atoms with Crippen molar-refractivity contribution in [2.75, 3.05) is 5.32 Å². The number of amides is 2. The van der Waals surface area contributed by atoms with Gasteiger partial charge in [-0.2, -0.15) is 0 Å². The number of nitrogens with two attached hydrogens (primary N) is 1. The Hall–Kier alpha value is -3.15.